The number of ether oxygens (including phenoxy) is 2. The highest BCUT2D eigenvalue weighted by atomic mass is 16.5. The Morgan fingerprint density at radius 1 is 1.21 bits per heavy atom. The lowest BCUT2D eigenvalue weighted by Gasteiger charge is -2.21. The molecule has 0 unspecified atom stereocenters. The van der Waals surface area contributed by atoms with Gasteiger partial charge >= 0.3 is 0 Å². The summed E-state index contributed by atoms with van der Waals surface area (Å²) in [6, 6.07) is 7.27. The molecule has 2 aromatic rings. The Bertz CT molecular complexity index is 746. The highest BCUT2D eigenvalue weighted by Crippen LogP contribution is 2.22. The molecular weight excluding hydrogens is 356 g/mol. The number of aromatic nitrogens is 1. The zero-order valence-electron chi connectivity index (χ0n) is 16.8. The lowest BCUT2D eigenvalue weighted by atomic mass is 9.98. The third-order valence-corrected chi connectivity index (χ3v) is 5.20. The third kappa shape index (κ3) is 5.58. The summed E-state index contributed by atoms with van der Waals surface area (Å²) in [5.41, 5.74) is 2.25. The lowest BCUT2D eigenvalue weighted by molar-refractivity contribution is 0.0273. The molecular formula is C22H30N2O4. The highest BCUT2D eigenvalue weighted by molar-refractivity contribution is 5.96. The van der Waals surface area contributed by atoms with Crippen LogP contribution in [0.4, 0.5) is 0 Å². The highest BCUT2D eigenvalue weighted by Gasteiger charge is 2.15. The number of carbonyl (C=O) groups is 1. The molecule has 6 heteroatoms. The van der Waals surface area contributed by atoms with Crippen molar-refractivity contribution in [3.8, 4) is 5.75 Å². The average molecular weight is 386 g/mol. The minimum atomic E-state index is -0.132. The van der Waals surface area contributed by atoms with Crippen molar-refractivity contribution in [2.75, 3.05) is 13.2 Å². The van der Waals surface area contributed by atoms with Gasteiger partial charge in [0.15, 0.2) is 0 Å². The van der Waals surface area contributed by atoms with Gasteiger partial charge in [-0.25, -0.2) is 0 Å². The normalized spacial score (nSPS) is 14.8. The second-order valence-corrected chi connectivity index (χ2v) is 7.33. The first-order chi connectivity index (χ1) is 13.6. The fraction of sp³-hybridized carbons (Fsp3) is 0.545. The average Bonchev–Trinajstić information content (AvgIpc) is 3.04. The first-order valence-electron chi connectivity index (χ1n) is 10.2. The molecule has 0 spiro atoms. The monoisotopic (exact) mass is 386 g/mol. The molecule has 1 amide bonds. The number of nitrogens with zero attached hydrogens (tertiary/aromatic N) is 1. The smallest absolute Gasteiger partial charge is 0.255 e. The van der Waals surface area contributed by atoms with Crippen LogP contribution < -0.4 is 10.1 Å². The Labute approximate surface area is 166 Å². The summed E-state index contributed by atoms with van der Waals surface area (Å²) in [7, 11) is 0. The van der Waals surface area contributed by atoms with Gasteiger partial charge in [0, 0.05) is 13.2 Å². The van der Waals surface area contributed by atoms with Gasteiger partial charge in [-0.05, 0) is 45.2 Å². The zero-order chi connectivity index (χ0) is 19.8. The summed E-state index contributed by atoms with van der Waals surface area (Å²) < 4.78 is 17.0. The molecule has 28 heavy (non-hydrogen) atoms. The van der Waals surface area contributed by atoms with Crippen LogP contribution in [-0.2, 0) is 11.3 Å². The lowest BCUT2D eigenvalue weighted by Crippen LogP contribution is -2.26. The molecule has 1 aliphatic carbocycles. The van der Waals surface area contributed by atoms with E-state index in [-0.39, 0.29) is 5.91 Å². The van der Waals surface area contributed by atoms with Crippen LogP contribution in [0.2, 0.25) is 0 Å². The van der Waals surface area contributed by atoms with Gasteiger partial charge in [-0.2, -0.15) is 0 Å². The van der Waals surface area contributed by atoms with Crippen molar-refractivity contribution in [2.45, 2.75) is 65.1 Å². The number of hydrogen-bond acceptors (Lipinski definition) is 5. The van der Waals surface area contributed by atoms with Gasteiger partial charge in [0.25, 0.3) is 5.91 Å². The Balaban J connectivity index is 1.45. The van der Waals surface area contributed by atoms with Gasteiger partial charge in [-0.15, -0.1) is 0 Å². The van der Waals surface area contributed by atoms with Gasteiger partial charge in [-0.1, -0.05) is 36.6 Å². The minimum Gasteiger partial charge on any atom is -0.488 e. The number of carbonyl (C=O) groups excluding carboxylic acids is 1. The van der Waals surface area contributed by atoms with Crippen molar-refractivity contribution in [3.05, 3.63) is 46.8 Å². The molecule has 0 saturated heterocycles. The van der Waals surface area contributed by atoms with Gasteiger partial charge in [0.05, 0.1) is 22.9 Å². The van der Waals surface area contributed by atoms with Gasteiger partial charge in [0.2, 0.25) is 0 Å². The van der Waals surface area contributed by atoms with E-state index in [1.54, 1.807) is 12.1 Å². The first-order valence-corrected chi connectivity index (χ1v) is 10.2. The van der Waals surface area contributed by atoms with E-state index in [0.29, 0.717) is 37.2 Å². The van der Waals surface area contributed by atoms with Crippen molar-refractivity contribution in [3.63, 3.8) is 0 Å². The van der Waals surface area contributed by atoms with Gasteiger partial charge < -0.3 is 19.3 Å². The van der Waals surface area contributed by atoms with E-state index >= 15 is 0 Å². The molecule has 0 radical (unpaired) electrons. The van der Waals surface area contributed by atoms with Crippen molar-refractivity contribution in [2.24, 2.45) is 0 Å². The predicted molar refractivity (Wildman–Crippen MR) is 107 cm³/mol. The van der Waals surface area contributed by atoms with Crippen LogP contribution in [0, 0.1) is 13.8 Å². The molecule has 1 aliphatic rings. The largest absolute Gasteiger partial charge is 0.488 e. The van der Waals surface area contributed by atoms with Crippen LogP contribution >= 0.6 is 0 Å². The van der Waals surface area contributed by atoms with Gasteiger partial charge in [0.1, 0.15) is 18.1 Å². The van der Waals surface area contributed by atoms with Crippen LogP contribution in [0.25, 0.3) is 0 Å². The molecule has 1 aromatic carbocycles. The maximum absolute atomic E-state index is 12.6. The summed E-state index contributed by atoms with van der Waals surface area (Å²) in [4.78, 5) is 12.6. The topological polar surface area (TPSA) is 73.6 Å². The maximum atomic E-state index is 12.6. The molecule has 152 valence electrons. The summed E-state index contributed by atoms with van der Waals surface area (Å²) in [6.07, 6.45) is 7.42. The number of benzene rings is 1. The van der Waals surface area contributed by atoms with E-state index in [0.717, 1.165) is 23.4 Å². The number of rotatable bonds is 9. The molecule has 0 bridgehead atoms. The maximum Gasteiger partial charge on any atom is 0.255 e. The van der Waals surface area contributed by atoms with Crippen LogP contribution in [0.5, 0.6) is 5.75 Å². The fourth-order valence-electron chi connectivity index (χ4n) is 3.49. The van der Waals surface area contributed by atoms with Crippen molar-refractivity contribution >= 4 is 5.91 Å². The van der Waals surface area contributed by atoms with E-state index in [2.05, 4.69) is 10.5 Å². The number of hydrogen-bond donors (Lipinski definition) is 1. The molecule has 1 N–H and O–H groups in total. The van der Waals surface area contributed by atoms with E-state index < -0.39 is 0 Å². The van der Waals surface area contributed by atoms with Crippen LogP contribution in [-0.4, -0.2) is 30.3 Å². The second kappa shape index (κ2) is 10.3. The Hall–Kier alpha value is -2.34. The van der Waals surface area contributed by atoms with E-state index in [9.17, 15) is 4.79 Å². The Morgan fingerprint density at radius 3 is 2.75 bits per heavy atom. The Kier molecular flexibility index (Phi) is 7.48. The molecule has 3 rings (SSSR count). The quantitative estimate of drug-likeness (QED) is 0.649. The van der Waals surface area contributed by atoms with Crippen LogP contribution in [0.3, 0.4) is 0 Å². The van der Waals surface area contributed by atoms with Crippen molar-refractivity contribution in [1.29, 1.82) is 0 Å². The number of aryl methyl sites for hydroxylation is 2. The second-order valence-electron chi connectivity index (χ2n) is 7.33. The van der Waals surface area contributed by atoms with Crippen molar-refractivity contribution < 1.29 is 18.8 Å². The van der Waals surface area contributed by atoms with Crippen LogP contribution in [0.1, 0.15) is 65.9 Å². The molecule has 6 nitrogen and oxygen atoms in total. The fourth-order valence-corrected chi connectivity index (χ4v) is 3.49. The summed E-state index contributed by atoms with van der Waals surface area (Å²) >= 11 is 0. The first kappa shape index (κ1) is 20.4. The van der Waals surface area contributed by atoms with E-state index in [1.807, 2.05) is 26.0 Å². The zero-order valence-corrected chi connectivity index (χ0v) is 16.8. The Morgan fingerprint density at radius 2 is 2.00 bits per heavy atom. The molecule has 0 atom stereocenters. The van der Waals surface area contributed by atoms with Gasteiger partial charge in [-0.3, -0.25) is 4.79 Å². The number of para-hydroxylation sites is 1. The molecule has 1 saturated carbocycles. The summed E-state index contributed by atoms with van der Waals surface area (Å²) in [5.74, 6) is 1.16. The number of nitrogens with one attached hydrogen (secondary N) is 1. The summed E-state index contributed by atoms with van der Waals surface area (Å²) in [6.45, 7) is 5.33. The molecule has 1 aromatic heterocycles. The van der Waals surface area contributed by atoms with E-state index in [1.165, 1.54) is 32.1 Å². The molecule has 0 aliphatic heterocycles. The third-order valence-electron chi connectivity index (χ3n) is 5.20. The standard InChI is InChI=1S/C22H30N2O4/c1-16-20(17(2)28-24-16)15-27-21-12-7-6-11-19(21)22(25)23-13-8-14-26-18-9-4-3-5-10-18/h6-7,11-12,18H,3-5,8-10,13-15H2,1-2H3,(H,23,25). The summed E-state index contributed by atoms with van der Waals surface area (Å²) in [5, 5.41) is 6.89. The molecule has 1 fully saturated rings. The molecule has 1 heterocycles. The minimum absolute atomic E-state index is 0.132. The van der Waals surface area contributed by atoms with E-state index in [4.69, 9.17) is 14.0 Å². The SMILES string of the molecule is Cc1noc(C)c1COc1ccccc1C(=O)NCCCOC1CCCCC1. The van der Waals surface area contributed by atoms with Crippen LogP contribution in [0.15, 0.2) is 28.8 Å². The van der Waals surface area contributed by atoms with Crippen molar-refractivity contribution in [1.82, 2.24) is 10.5 Å². The predicted octanol–water partition coefficient (Wildman–Crippen LogP) is 4.34. The number of amides is 1.